The van der Waals surface area contributed by atoms with Crippen molar-refractivity contribution >= 4 is 0 Å². The van der Waals surface area contributed by atoms with Gasteiger partial charge in [-0.25, -0.2) is 0 Å². The Bertz CT molecular complexity index is 454. The lowest BCUT2D eigenvalue weighted by Gasteiger charge is -2.06. The molecule has 0 aliphatic rings. The summed E-state index contributed by atoms with van der Waals surface area (Å²) in [4.78, 5) is 0. The molecule has 0 radical (unpaired) electrons. The van der Waals surface area contributed by atoms with Crippen molar-refractivity contribution in [3.8, 4) is 11.1 Å². The van der Waals surface area contributed by atoms with Gasteiger partial charge in [0.25, 0.3) is 0 Å². The third-order valence-corrected chi connectivity index (χ3v) is 2.82. The second-order valence-corrected chi connectivity index (χ2v) is 4.24. The van der Waals surface area contributed by atoms with Gasteiger partial charge < -0.3 is 10.2 Å². The first kappa shape index (κ1) is 11.0. The average Bonchev–Trinajstić information content (AvgIpc) is 2.77. The molecule has 2 aromatic rings. The van der Waals surface area contributed by atoms with Gasteiger partial charge in [-0.05, 0) is 23.1 Å². The van der Waals surface area contributed by atoms with E-state index in [1.807, 2.05) is 6.07 Å². The summed E-state index contributed by atoms with van der Waals surface area (Å²) in [5.41, 5.74) is 9.23. The minimum absolute atomic E-state index is 0.439. The lowest BCUT2D eigenvalue weighted by molar-refractivity contribution is 0.513. The molecule has 1 heterocycles. The molecule has 0 unspecified atom stereocenters. The molecule has 0 spiro atoms. The monoisotopic (exact) mass is 215 g/mol. The molecule has 1 aromatic heterocycles. The SMILES string of the molecule is CC(C)c1ccc(-c2ccoc2CN)cc1. The number of benzene rings is 1. The van der Waals surface area contributed by atoms with Crippen LogP contribution in [0.1, 0.15) is 31.1 Å². The van der Waals surface area contributed by atoms with E-state index in [0.717, 1.165) is 11.3 Å². The zero-order valence-electron chi connectivity index (χ0n) is 9.73. The lowest BCUT2D eigenvalue weighted by atomic mass is 9.99. The smallest absolute Gasteiger partial charge is 0.125 e. The Morgan fingerprint density at radius 1 is 1.12 bits per heavy atom. The highest BCUT2D eigenvalue weighted by Gasteiger charge is 2.07. The molecule has 2 N–H and O–H groups in total. The van der Waals surface area contributed by atoms with E-state index in [9.17, 15) is 0 Å². The van der Waals surface area contributed by atoms with Crippen LogP contribution < -0.4 is 5.73 Å². The molecule has 16 heavy (non-hydrogen) atoms. The van der Waals surface area contributed by atoms with Crippen LogP contribution in [0.3, 0.4) is 0 Å². The number of rotatable bonds is 3. The minimum atomic E-state index is 0.439. The maximum Gasteiger partial charge on any atom is 0.125 e. The molecule has 0 bridgehead atoms. The summed E-state index contributed by atoms with van der Waals surface area (Å²) in [6, 6.07) is 10.5. The maximum absolute atomic E-state index is 5.62. The van der Waals surface area contributed by atoms with Crippen LogP contribution in [-0.2, 0) is 6.54 Å². The van der Waals surface area contributed by atoms with E-state index >= 15 is 0 Å². The van der Waals surface area contributed by atoms with Crippen molar-refractivity contribution in [3.05, 3.63) is 47.9 Å². The first-order valence-electron chi connectivity index (χ1n) is 5.59. The van der Waals surface area contributed by atoms with Crippen LogP contribution in [0.2, 0.25) is 0 Å². The first-order valence-corrected chi connectivity index (χ1v) is 5.59. The van der Waals surface area contributed by atoms with Crippen LogP contribution in [0.5, 0.6) is 0 Å². The Hall–Kier alpha value is -1.54. The summed E-state index contributed by atoms with van der Waals surface area (Å²) < 4.78 is 5.32. The normalized spacial score (nSPS) is 11.0. The van der Waals surface area contributed by atoms with Gasteiger partial charge in [-0.3, -0.25) is 0 Å². The quantitative estimate of drug-likeness (QED) is 0.850. The summed E-state index contributed by atoms with van der Waals surface area (Å²) in [7, 11) is 0. The Labute approximate surface area is 96.1 Å². The van der Waals surface area contributed by atoms with Crippen molar-refractivity contribution in [3.63, 3.8) is 0 Å². The number of hydrogen-bond acceptors (Lipinski definition) is 2. The molecular formula is C14H17NO. The first-order chi connectivity index (χ1) is 7.72. The zero-order valence-corrected chi connectivity index (χ0v) is 9.73. The van der Waals surface area contributed by atoms with Gasteiger partial charge in [0.15, 0.2) is 0 Å². The summed E-state index contributed by atoms with van der Waals surface area (Å²) in [5.74, 6) is 1.41. The van der Waals surface area contributed by atoms with Crippen LogP contribution in [0.25, 0.3) is 11.1 Å². The molecule has 0 aliphatic carbocycles. The fourth-order valence-corrected chi connectivity index (χ4v) is 1.80. The third kappa shape index (κ3) is 2.02. The van der Waals surface area contributed by atoms with Gasteiger partial charge in [-0.2, -0.15) is 0 Å². The van der Waals surface area contributed by atoms with Crippen LogP contribution in [0.15, 0.2) is 41.0 Å². The summed E-state index contributed by atoms with van der Waals surface area (Å²) in [6.07, 6.45) is 1.69. The van der Waals surface area contributed by atoms with Gasteiger partial charge in [0.1, 0.15) is 5.76 Å². The lowest BCUT2D eigenvalue weighted by Crippen LogP contribution is -1.96. The second kappa shape index (κ2) is 4.54. The van der Waals surface area contributed by atoms with E-state index in [-0.39, 0.29) is 0 Å². The van der Waals surface area contributed by atoms with Gasteiger partial charge in [-0.1, -0.05) is 38.1 Å². The predicted octanol–water partition coefficient (Wildman–Crippen LogP) is 3.53. The Balaban J connectivity index is 2.35. The highest BCUT2D eigenvalue weighted by molar-refractivity contribution is 5.65. The Morgan fingerprint density at radius 2 is 1.81 bits per heavy atom. The van der Waals surface area contributed by atoms with Crippen molar-refractivity contribution in [2.75, 3.05) is 0 Å². The van der Waals surface area contributed by atoms with E-state index < -0.39 is 0 Å². The highest BCUT2D eigenvalue weighted by atomic mass is 16.3. The summed E-state index contributed by atoms with van der Waals surface area (Å²) >= 11 is 0. The minimum Gasteiger partial charge on any atom is -0.467 e. The number of nitrogens with two attached hydrogens (primary N) is 1. The van der Waals surface area contributed by atoms with E-state index in [4.69, 9.17) is 10.2 Å². The second-order valence-electron chi connectivity index (χ2n) is 4.24. The molecule has 0 fully saturated rings. The van der Waals surface area contributed by atoms with Gasteiger partial charge in [0, 0.05) is 5.56 Å². The largest absolute Gasteiger partial charge is 0.467 e. The van der Waals surface area contributed by atoms with Crippen LogP contribution in [0, 0.1) is 0 Å². The van der Waals surface area contributed by atoms with Gasteiger partial charge in [0.2, 0.25) is 0 Å². The molecule has 1 aromatic carbocycles. The van der Waals surface area contributed by atoms with Crippen molar-refractivity contribution in [1.82, 2.24) is 0 Å². The van der Waals surface area contributed by atoms with Gasteiger partial charge >= 0.3 is 0 Å². The van der Waals surface area contributed by atoms with Crippen molar-refractivity contribution in [1.29, 1.82) is 0 Å². The average molecular weight is 215 g/mol. The van der Waals surface area contributed by atoms with E-state index in [1.54, 1.807) is 6.26 Å². The molecule has 2 nitrogen and oxygen atoms in total. The number of furan rings is 1. The molecule has 2 rings (SSSR count). The third-order valence-electron chi connectivity index (χ3n) is 2.82. The highest BCUT2D eigenvalue weighted by Crippen LogP contribution is 2.26. The van der Waals surface area contributed by atoms with Crippen LogP contribution in [0.4, 0.5) is 0 Å². The van der Waals surface area contributed by atoms with Crippen molar-refractivity contribution in [2.45, 2.75) is 26.3 Å². The maximum atomic E-state index is 5.62. The van der Waals surface area contributed by atoms with E-state index in [0.29, 0.717) is 12.5 Å². The molecule has 0 amide bonds. The predicted molar refractivity (Wildman–Crippen MR) is 66.1 cm³/mol. The summed E-state index contributed by atoms with van der Waals surface area (Å²) in [6.45, 7) is 4.82. The Morgan fingerprint density at radius 3 is 2.38 bits per heavy atom. The van der Waals surface area contributed by atoms with Crippen molar-refractivity contribution in [2.24, 2.45) is 5.73 Å². The van der Waals surface area contributed by atoms with Gasteiger partial charge in [0.05, 0.1) is 12.8 Å². The number of hydrogen-bond donors (Lipinski definition) is 1. The molecular weight excluding hydrogens is 198 g/mol. The molecule has 0 saturated heterocycles. The van der Waals surface area contributed by atoms with E-state index in [1.165, 1.54) is 11.1 Å². The fourth-order valence-electron chi connectivity index (χ4n) is 1.80. The van der Waals surface area contributed by atoms with Crippen LogP contribution in [-0.4, -0.2) is 0 Å². The molecule has 0 aliphatic heterocycles. The topological polar surface area (TPSA) is 39.2 Å². The molecule has 0 saturated carbocycles. The fraction of sp³-hybridized carbons (Fsp3) is 0.286. The standard InChI is InChI=1S/C14H17NO/c1-10(2)11-3-5-12(6-4-11)13-7-8-16-14(13)9-15/h3-8,10H,9,15H2,1-2H3. The molecule has 2 heteroatoms. The Kier molecular flexibility index (Phi) is 3.11. The van der Waals surface area contributed by atoms with Crippen molar-refractivity contribution < 1.29 is 4.42 Å². The summed E-state index contributed by atoms with van der Waals surface area (Å²) in [5, 5.41) is 0. The molecule has 0 atom stereocenters. The zero-order chi connectivity index (χ0) is 11.5. The van der Waals surface area contributed by atoms with E-state index in [2.05, 4.69) is 38.1 Å². The molecule has 84 valence electrons. The van der Waals surface area contributed by atoms with Gasteiger partial charge in [-0.15, -0.1) is 0 Å². The van der Waals surface area contributed by atoms with Crippen LogP contribution >= 0.6 is 0 Å².